The molecule has 0 bridgehead atoms. The number of likely N-dealkylation sites (N-methyl/N-ethyl adjacent to an activating group) is 1. The lowest BCUT2D eigenvalue weighted by molar-refractivity contribution is -0.140. The van der Waals surface area contributed by atoms with E-state index in [2.05, 4.69) is 5.32 Å². The molecule has 11 heteroatoms. The smallest absolute Gasteiger partial charge is 0.244 e. The summed E-state index contributed by atoms with van der Waals surface area (Å²) in [6, 6.07) is 9.13. The van der Waals surface area contributed by atoms with Gasteiger partial charge in [0.05, 0.1) is 29.1 Å². The summed E-state index contributed by atoms with van der Waals surface area (Å²) in [5, 5.41) is 3.23. The van der Waals surface area contributed by atoms with Crippen molar-refractivity contribution < 1.29 is 22.7 Å². The minimum absolute atomic E-state index is 0.0319. The molecule has 2 aromatic rings. The Morgan fingerprint density at radius 1 is 1.12 bits per heavy atom. The molecular weight excluding hydrogens is 501 g/mol. The van der Waals surface area contributed by atoms with E-state index in [0.29, 0.717) is 27.8 Å². The Labute approximate surface area is 210 Å². The Kier molecular flexibility index (Phi) is 9.61. The van der Waals surface area contributed by atoms with Crippen LogP contribution in [-0.4, -0.2) is 58.1 Å². The van der Waals surface area contributed by atoms with Crippen molar-refractivity contribution in [1.29, 1.82) is 0 Å². The van der Waals surface area contributed by atoms with Crippen molar-refractivity contribution in [2.75, 3.05) is 31.3 Å². The number of nitrogens with zero attached hydrogens (tertiary/aromatic N) is 2. The van der Waals surface area contributed by atoms with Crippen LogP contribution in [0.3, 0.4) is 0 Å². The van der Waals surface area contributed by atoms with Gasteiger partial charge in [-0.15, -0.1) is 0 Å². The van der Waals surface area contributed by atoms with E-state index < -0.39 is 28.5 Å². The zero-order valence-electron chi connectivity index (χ0n) is 19.8. The molecule has 0 aromatic heterocycles. The molecule has 0 spiro atoms. The Balaban J connectivity index is 2.52. The number of carbonyl (C=O) groups excluding carboxylic acids is 2. The summed E-state index contributed by atoms with van der Waals surface area (Å²) in [5.74, 6) is -0.622. The van der Waals surface area contributed by atoms with E-state index in [-0.39, 0.29) is 18.1 Å². The van der Waals surface area contributed by atoms with E-state index >= 15 is 0 Å². The summed E-state index contributed by atoms with van der Waals surface area (Å²) in [6.07, 6.45) is 1.33. The topological polar surface area (TPSA) is 96.0 Å². The van der Waals surface area contributed by atoms with Gasteiger partial charge in [-0.05, 0) is 48.7 Å². The summed E-state index contributed by atoms with van der Waals surface area (Å²) in [7, 11) is -0.971. The third kappa shape index (κ3) is 6.77. The van der Waals surface area contributed by atoms with Crippen LogP contribution in [-0.2, 0) is 26.2 Å². The van der Waals surface area contributed by atoms with Crippen LogP contribution in [0.15, 0.2) is 36.4 Å². The molecule has 2 aromatic carbocycles. The number of halogens is 2. The van der Waals surface area contributed by atoms with Gasteiger partial charge in [0.2, 0.25) is 21.8 Å². The summed E-state index contributed by atoms with van der Waals surface area (Å²) < 4.78 is 31.8. The van der Waals surface area contributed by atoms with Gasteiger partial charge in [0, 0.05) is 13.6 Å². The van der Waals surface area contributed by atoms with Gasteiger partial charge in [-0.25, -0.2) is 8.42 Å². The number of anilines is 1. The Hall–Kier alpha value is -2.49. The van der Waals surface area contributed by atoms with Gasteiger partial charge in [0.15, 0.2) is 0 Å². The molecular formula is C23H29Cl2N3O5S. The molecule has 0 fully saturated rings. The highest BCUT2D eigenvalue weighted by Crippen LogP contribution is 2.31. The quantitative estimate of drug-likeness (QED) is 0.506. The highest BCUT2D eigenvalue weighted by atomic mass is 35.5. The molecule has 2 rings (SSSR count). The van der Waals surface area contributed by atoms with Crippen LogP contribution < -0.4 is 14.4 Å². The van der Waals surface area contributed by atoms with Crippen molar-refractivity contribution in [2.45, 2.75) is 32.9 Å². The fourth-order valence-corrected chi connectivity index (χ4v) is 4.68. The first kappa shape index (κ1) is 27.8. The van der Waals surface area contributed by atoms with Crippen LogP contribution in [0.5, 0.6) is 5.75 Å². The maximum Gasteiger partial charge on any atom is 0.244 e. The fourth-order valence-electron chi connectivity index (χ4n) is 3.51. The van der Waals surface area contributed by atoms with Crippen molar-refractivity contribution >= 4 is 50.7 Å². The van der Waals surface area contributed by atoms with Crippen molar-refractivity contribution in [1.82, 2.24) is 10.2 Å². The van der Waals surface area contributed by atoms with Crippen molar-refractivity contribution in [3.63, 3.8) is 0 Å². The van der Waals surface area contributed by atoms with Crippen molar-refractivity contribution in [3.05, 3.63) is 57.6 Å². The number of amides is 2. The number of sulfonamides is 1. The number of hydrogen-bond donors (Lipinski definition) is 1. The van der Waals surface area contributed by atoms with Crippen LogP contribution in [0, 0.1) is 6.92 Å². The predicted octanol–water partition coefficient (Wildman–Crippen LogP) is 3.63. The van der Waals surface area contributed by atoms with E-state index in [0.717, 1.165) is 16.1 Å². The summed E-state index contributed by atoms with van der Waals surface area (Å²) >= 11 is 12.1. The highest BCUT2D eigenvalue weighted by molar-refractivity contribution is 7.92. The van der Waals surface area contributed by atoms with Gasteiger partial charge in [0.1, 0.15) is 18.3 Å². The van der Waals surface area contributed by atoms with Crippen LogP contribution >= 0.6 is 23.2 Å². The van der Waals surface area contributed by atoms with Gasteiger partial charge in [0.25, 0.3) is 0 Å². The molecule has 1 N–H and O–H groups in total. The average molecular weight is 530 g/mol. The third-order valence-corrected chi connectivity index (χ3v) is 7.12. The predicted molar refractivity (Wildman–Crippen MR) is 135 cm³/mol. The number of rotatable bonds is 10. The summed E-state index contributed by atoms with van der Waals surface area (Å²) in [4.78, 5) is 27.5. The lowest BCUT2D eigenvalue weighted by atomic mass is 10.1. The molecule has 0 saturated carbocycles. The molecule has 0 aliphatic rings. The normalized spacial score (nSPS) is 12.1. The van der Waals surface area contributed by atoms with Gasteiger partial charge in [-0.1, -0.05) is 42.3 Å². The monoisotopic (exact) mass is 529 g/mol. The minimum Gasteiger partial charge on any atom is -0.495 e. The fraction of sp³-hybridized carbons (Fsp3) is 0.391. The number of ether oxygens (including phenoxy) is 1. The van der Waals surface area contributed by atoms with Crippen LogP contribution in [0.2, 0.25) is 10.0 Å². The van der Waals surface area contributed by atoms with E-state index in [4.69, 9.17) is 27.9 Å². The Bertz CT molecular complexity index is 1160. The Morgan fingerprint density at radius 3 is 2.32 bits per heavy atom. The largest absolute Gasteiger partial charge is 0.495 e. The molecule has 0 saturated heterocycles. The first-order valence-electron chi connectivity index (χ1n) is 10.5. The molecule has 186 valence electrons. The van der Waals surface area contributed by atoms with Crippen LogP contribution in [0.25, 0.3) is 0 Å². The molecule has 2 amide bonds. The third-order valence-electron chi connectivity index (χ3n) is 5.25. The van der Waals surface area contributed by atoms with E-state index in [1.165, 1.54) is 19.1 Å². The molecule has 0 radical (unpaired) electrons. The van der Waals surface area contributed by atoms with Crippen LogP contribution in [0.1, 0.15) is 24.5 Å². The van der Waals surface area contributed by atoms with Crippen LogP contribution in [0.4, 0.5) is 5.69 Å². The number of aryl methyl sites for hydroxylation is 1. The van der Waals surface area contributed by atoms with E-state index in [1.807, 2.05) is 0 Å². The van der Waals surface area contributed by atoms with Gasteiger partial charge < -0.3 is 15.0 Å². The zero-order chi connectivity index (χ0) is 25.6. The number of methoxy groups -OCH3 is 1. The zero-order valence-corrected chi connectivity index (χ0v) is 22.1. The molecule has 0 aliphatic heterocycles. The Morgan fingerprint density at radius 2 is 1.79 bits per heavy atom. The summed E-state index contributed by atoms with van der Waals surface area (Å²) in [6.45, 7) is 3.09. The van der Waals surface area contributed by atoms with E-state index in [9.17, 15) is 18.0 Å². The second kappa shape index (κ2) is 11.8. The summed E-state index contributed by atoms with van der Waals surface area (Å²) in [5.41, 5.74) is 1.67. The molecule has 1 unspecified atom stereocenters. The van der Waals surface area contributed by atoms with Gasteiger partial charge in [-0.3, -0.25) is 13.9 Å². The van der Waals surface area contributed by atoms with Gasteiger partial charge >= 0.3 is 0 Å². The molecule has 8 nitrogen and oxygen atoms in total. The number of nitrogens with one attached hydrogen (secondary N) is 1. The second-order valence-corrected chi connectivity index (χ2v) is 10.5. The van der Waals surface area contributed by atoms with Gasteiger partial charge in [-0.2, -0.15) is 0 Å². The maximum atomic E-state index is 13.6. The average Bonchev–Trinajstić information content (AvgIpc) is 2.78. The second-order valence-electron chi connectivity index (χ2n) is 7.75. The number of benzene rings is 2. The lowest BCUT2D eigenvalue weighted by Crippen LogP contribution is -2.51. The van der Waals surface area contributed by atoms with Crippen molar-refractivity contribution in [2.24, 2.45) is 0 Å². The first-order valence-corrected chi connectivity index (χ1v) is 13.1. The maximum absolute atomic E-state index is 13.6. The number of hydrogen-bond acceptors (Lipinski definition) is 5. The SMILES string of the molecule is CCC(C(=O)NC)N(Cc1ccc(Cl)c(Cl)c1)C(=O)CN(c1cc(C)ccc1OC)S(C)(=O)=O. The first-order chi connectivity index (χ1) is 15.9. The lowest BCUT2D eigenvalue weighted by Gasteiger charge is -2.33. The minimum atomic E-state index is -3.87. The highest BCUT2D eigenvalue weighted by Gasteiger charge is 2.32. The standard InChI is InChI=1S/C23H29Cl2N3O5S/c1-6-19(23(30)26-3)27(13-16-8-9-17(24)18(25)12-16)22(29)14-28(34(5,31)32)20-11-15(2)7-10-21(20)33-4/h7-12,19H,6,13-14H2,1-5H3,(H,26,30). The molecule has 0 heterocycles. The molecule has 0 aliphatic carbocycles. The van der Waals surface area contributed by atoms with Crippen molar-refractivity contribution in [3.8, 4) is 5.75 Å². The number of carbonyl (C=O) groups is 2. The molecule has 34 heavy (non-hydrogen) atoms. The molecule has 1 atom stereocenters. The van der Waals surface area contributed by atoms with E-state index in [1.54, 1.807) is 50.2 Å².